The molecule has 0 spiro atoms. The fourth-order valence-corrected chi connectivity index (χ4v) is 3.03. The quantitative estimate of drug-likeness (QED) is 0.736. The normalized spacial score (nSPS) is 10.3. The van der Waals surface area contributed by atoms with Crippen molar-refractivity contribution in [2.75, 3.05) is 5.32 Å². The molecule has 0 atom stereocenters. The third-order valence-corrected chi connectivity index (χ3v) is 4.41. The summed E-state index contributed by atoms with van der Waals surface area (Å²) in [5.41, 5.74) is 3.10. The first-order valence-electron chi connectivity index (χ1n) is 7.76. The minimum absolute atomic E-state index is 0.142. The lowest BCUT2D eigenvalue weighted by Crippen LogP contribution is -2.22. The molecule has 2 amide bonds. The molecular weight excluding hydrogens is 334 g/mol. The van der Waals surface area contributed by atoms with E-state index in [9.17, 15) is 9.59 Å². The molecule has 2 N–H and O–H groups in total. The number of hydrogen-bond acceptors (Lipinski definition) is 4. The van der Waals surface area contributed by atoms with Crippen LogP contribution in [0.1, 0.15) is 22.8 Å². The zero-order valence-electron chi connectivity index (χ0n) is 13.7. The van der Waals surface area contributed by atoms with Gasteiger partial charge in [-0.05, 0) is 53.4 Å². The number of nitrogens with one attached hydrogen (secondary N) is 2. The van der Waals surface area contributed by atoms with Crippen LogP contribution in [0.4, 0.5) is 5.69 Å². The molecule has 25 heavy (non-hydrogen) atoms. The van der Waals surface area contributed by atoms with Gasteiger partial charge in [0.05, 0.1) is 10.6 Å². The van der Waals surface area contributed by atoms with Gasteiger partial charge in [-0.1, -0.05) is 6.07 Å². The van der Waals surface area contributed by atoms with Gasteiger partial charge in [-0.25, -0.2) is 0 Å². The minimum atomic E-state index is -0.163. The van der Waals surface area contributed by atoms with Crippen LogP contribution in [0.2, 0.25) is 0 Å². The van der Waals surface area contributed by atoms with Crippen molar-refractivity contribution in [3.63, 3.8) is 0 Å². The van der Waals surface area contributed by atoms with Gasteiger partial charge >= 0.3 is 0 Å². The van der Waals surface area contributed by atoms with Crippen LogP contribution in [0, 0.1) is 0 Å². The van der Waals surface area contributed by atoms with Crippen LogP contribution >= 0.6 is 11.3 Å². The second-order valence-electron chi connectivity index (χ2n) is 5.47. The van der Waals surface area contributed by atoms with E-state index < -0.39 is 0 Å². The average molecular weight is 351 g/mol. The predicted molar refractivity (Wildman–Crippen MR) is 99.5 cm³/mol. The van der Waals surface area contributed by atoms with E-state index in [0.717, 1.165) is 16.1 Å². The maximum atomic E-state index is 12.3. The van der Waals surface area contributed by atoms with E-state index in [1.54, 1.807) is 41.8 Å². The molecule has 0 saturated heterocycles. The van der Waals surface area contributed by atoms with E-state index in [4.69, 9.17) is 0 Å². The Bertz CT molecular complexity index is 874. The topological polar surface area (TPSA) is 71.1 Å². The summed E-state index contributed by atoms with van der Waals surface area (Å²) in [6.45, 7) is 1.87. The lowest BCUT2D eigenvalue weighted by atomic mass is 10.1. The standard InChI is InChI=1S/C19H17N3O2S/c1-13(23)22-16-6-4-15(5-7-16)19(24)21-12-14-8-9-20-17(11-14)18-3-2-10-25-18/h2-11H,12H2,1H3,(H,21,24)(H,22,23). The van der Waals surface area contributed by atoms with Crippen LogP contribution in [0.3, 0.4) is 0 Å². The van der Waals surface area contributed by atoms with Crippen molar-refractivity contribution in [2.45, 2.75) is 13.5 Å². The van der Waals surface area contributed by atoms with Crippen molar-refractivity contribution in [1.82, 2.24) is 10.3 Å². The summed E-state index contributed by atoms with van der Waals surface area (Å²) in [5, 5.41) is 7.58. The summed E-state index contributed by atoms with van der Waals surface area (Å²) >= 11 is 1.63. The van der Waals surface area contributed by atoms with Crippen LogP contribution < -0.4 is 10.6 Å². The fourth-order valence-electron chi connectivity index (χ4n) is 2.34. The predicted octanol–water partition coefficient (Wildman–Crippen LogP) is 3.70. The number of carbonyl (C=O) groups excluding carboxylic acids is 2. The number of benzene rings is 1. The van der Waals surface area contributed by atoms with Gasteiger partial charge in [0.2, 0.25) is 5.91 Å². The third-order valence-electron chi connectivity index (χ3n) is 3.52. The molecule has 0 aliphatic carbocycles. The summed E-state index contributed by atoms with van der Waals surface area (Å²) in [4.78, 5) is 28.7. The van der Waals surface area contributed by atoms with Crippen molar-refractivity contribution in [3.8, 4) is 10.6 Å². The zero-order valence-corrected chi connectivity index (χ0v) is 14.5. The number of pyridine rings is 1. The van der Waals surface area contributed by atoms with Gasteiger partial charge in [0.25, 0.3) is 5.91 Å². The van der Waals surface area contributed by atoms with Crippen LogP contribution in [0.25, 0.3) is 10.6 Å². The number of aromatic nitrogens is 1. The third kappa shape index (κ3) is 4.51. The minimum Gasteiger partial charge on any atom is -0.348 e. The smallest absolute Gasteiger partial charge is 0.251 e. The van der Waals surface area contributed by atoms with Gasteiger partial charge in [0.15, 0.2) is 0 Å². The highest BCUT2D eigenvalue weighted by molar-refractivity contribution is 7.13. The van der Waals surface area contributed by atoms with E-state index in [2.05, 4.69) is 15.6 Å². The van der Waals surface area contributed by atoms with Crippen molar-refractivity contribution in [1.29, 1.82) is 0 Å². The van der Waals surface area contributed by atoms with E-state index >= 15 is 0 Å². The summed E-state index contributed by atoms with van der Waals surface area (Å²) in [5.74, 6) is -0.305. The number of anilines is 1. The molecule has 3 aromatic rings. The first kappa shape index (κ1) is 16.9. The Morgan fingerprint density at radius 1 is 1.12 bits per heavy atom. The maximum absolute atomic E-state index is 12.3. The van der Waals surface area contributed by atoms with Gasteiger partial charge in [-0.3, -0.25) is 14.6 Å². The summed E-state index contributed by atoms with van der Waals surface area (Å²) in [6.07, 6.45) is 1.75. The Hall–Kier alpha value is -2.99. The number of rotatable bonds is 5. The first-order chi connectivity index (χ1) is 12.1. The zero-order chi connectivity index (χ0) is 17.6. The van der Waals surface area contributed by atoms with Gasteiger partial charge in [-0.2, -0.15) is 0 Å². The molecule has 0 bridgehead atoms. The van der Waals surface area contributed by atoms with E-state index in [-0.39, 0.29) is 11.8 Å². The number of amides is 2. The van der Waals surface area contributed by atoms with Crippen molar-refractivity contribution < 1.29 is 9.59 Å². The molecule has 5 nitrogen and oxygen atoms in total. The molecule has 0 saturated carbocycles. The van der Waals surface area contributed by atoms with Gasteiger partial charge in [-0.15, -0.1) is 11.3 Å². The van der Waals surface area contributed by atoms with E-state index in [1.165, 1.54) is 6.92 Å². The average Bonchev–Trinajstić information content (AvgIpc) is 3.15. The monoisotopic (exact) mass is 351 g/mol. The van der Waals surface area contributed by atoms with Crippen LogP contribution in [-0.4, -0.2) is 16.8 Å². The molecule has 0 fully saturated rings. The fraction of sp³-hybridized carbons (Fsp3) is 0.105. The first-order valence-corrected chi connectivity index (χ1v) is 8.64. The van der Waals surface area contributed by atoms with Crippen LogP contribution in [0.5, 0.6) is 0 Å². The maximum Gasteiger partial charge on any atom is 0.251 e. The van der Waals surface area contributed by atoms with E-state index in [1.807, 2.05) is 29.6 Å². The molecule has 2 heterocycles. The van der Waals surface area contributed by atoms with Crippen LogP contribution in [0.15, 0.2) is 60.1 Å². The number of hydrogen-bond donors (Lipinski definition) is 2. The van der Waals surface area contributed by atoms with Crippen molar-refractivity contribution in [2.24, 2.45) is 0 Å². The Morgan fingerprint density at radius 2 is 1.92 bits per heavy atom. The van der Waals surface area contributed by atoms with Crippen molar-refractivity contribution in [3.05, 3.63) is 71.2 Å². The van der Waals surface area contributed by atoms with Gasteiger partial charge in [0.1, 0.15) is 0 Å². The number of carbonyl (C=O) groups is 2. The van der Waals surface area contributed by atoms with E-state index in [0.29, 0.717) is 17.8 Å². The molecule has 0 aliphatic rings. The Morgan fingerprint density at radius 3 is 2.60 bits per heavy atom. The second kappa shape index (κ2) is 7.72. The van der Waals surface area contributed by atoms with Gasteiger partial charge < -0.3 is 10.6 Å². The largest absolute Gasteiger partial charge is 0.348 e. The summed E-state index contributed by atoms with van der Waals surface area (Å²) < 4.78 is 0. The molecule has 2 aromatic heterocycles. The second-order valence-corrected chi connectivity index (χ2v) is 6.42. The highest BCUT2D eigenvalue weighted by Gasteiger charge is 2.07. The Kier molecular flexibility index (Phi) is 5.20. The molecule has 126 valence electrons. The lowest BCUT2D eigenvalue weighted by molar-refractivity contribution is -0.114. The molecule has 0 radical (unpaired) electrons. The Balaban J connectivity index is 1.62. The van der Waals surface area contributed by atoms with Gasteiger partial charge in [0, 0.05) is 30.9 Å². The molecule has 3 rings (SSSR count). The molecule has 0 unspecified atom stereocenters. The molecule has 6 heteroatoms. The summed E-state index contributed by atoms with van der Waals surface area (Å²) in [6, 6.07) is 14.7. The molecular formula is C19H17N3O2S. The van der Waals surface area contributed by atoms with Crippen molar-refractivity contribution >= 4 is 28.8 Å². The Labute approximate surface area is 149 Å². The number of nitrogens with zero attached hydrogens (tertiary/aromatic N) is 1. The highest BCUT2D eigenvalue weighted by atomic mass is 32.1. The SMILES string of the molecule is CC(=O)Nc1ccc(C(=O)NCc2ccnc(-c3cccs3)c2)cc1. The summed E-state index contributed by atoms with van der Waals surface area (Å²) in [7, 11) is 0. The molecule has 0 aliphatic heterocycles. The lowest BCUT2D eigenvalue weighted by Gasteiger charge is -2.07. The molecule has 1 aromatic carbocycles. The number of thiophene rings is 1. The highest BCUT2D eigenvalue weighted by Crippen LogP contribution is 2.23. The van der Waals surface area contributed by atoms with Crippen LogP contribution in [-0.2, 0) is 11.3 Å².